The number of carbonyl (C=O) groups is 2. The monoisotopic (exact) mass is 405 g/mol. The molecule has 1 rings (SSSR count). The molecule has 10 heteroatoms. The normalized spacial score (nSPS) is 12.1. The molecule has 0 atom stereocenters. The number of rotatable bonds is 7. The molecule has 1 aromatic heterocycles. The molecule has 0 saturated carbocycles. The van der Waals surface area contributed by atoms with Crippen LogP contribution in [-0.4, -0.2) is 50.0 Å². The lowest BCUT2D eigenvalue weighted by Gasteiger charge is -2.19. The minimum absolute atomic E-state index is 0.175. The molecule has 0 bridgehead atoms. The van der Waals surface area contributed by atoms with Gasteiger partial charge in [-0.1, -0.05) is 13.8 Å². The van der Waals surface area contributed by atoms with Gasteiger partial charge in [-0.25, -0.2) is 13.2 Å². The van der Waals surface area contributed by atoms with Crippen LogP contribution in [0.3, 0.4) is 0 Å². The maximum absolute atomic E-state index is 12.5. The van der Waals surface area contributed by atoms with E-state index in [0.717, 1.165) is 11.3 Å². The lowest BCUT2D eigenvalue weighted by molar-refractivity contribution is -0.115. The molecular formula is C16H27N3O5S2. The van der Waals surface area contributed by atoms with Gasteiger partial charge in [0, 0.05) is 18.0 Å². The number of nitrogens with zero attached hydrogens (tertiary/aromatic N) is 1. The molecule has 2 N–H and O–H groups in total. The van der Waals surface area contributed by atoms with Crippen LogP contribution in [0.15, 0.2) is 10.3 Å². The highest BCUT2D eigenvalue weighted by molar-refractivity contribution is 7.91. The molecule has 148 valence electrons. The molecule has 0 unspecified atom stereocenters. The zero-order valence-corrected chi connectivity index (χ0v) is 17.6. The number of alkyl carbamates (subject to hydrolysis) is 1. The van der Waals surface area contributed by atoms with Gasteiger partial charge < -0.3 is 15.4 Å². The third-order valence-electron chi connectivity index (χ3n) is 3.26. The molecular weight excluding hydrogens is 378 g/mol. The highest BCUT2D eigenvalue weighted by Crippen LogP contribution is 2.31. The molecule has 8 nitrogen and oxygen atoms in total. The molecule has 0 aliphatic carbocycles. The van der Waals surface area contributed by atoms with Gasteiger partial charge in [-0.05, 0) is 33.8 Å². The largest absolute Gasteiger partial charge is 0.444 e. The van der Waals surface area contributed by atoms with Crippen LogP contribution in [0.1, 0.15) is 39.5 Å². The van der Waals surface area contributed by atoms with E-state index in [1.54, 1.807) is 41.5 Å². The number of thiophene rings is 1. The highest BCUT2D eigenvalue weighted by atomic mass is 32.2. The van der Waals surface area contributed by atoms with E-state index in [1.807, 2.05) is 0 Å². The second-order valence-corrected chi connectivity index (χ2v) is 9.95. The molecule has 26 heavy (non-hydrogen) atoms. The summed E-state index contributed by atoms with van der Waals surface area (Å²) < 4.78 is 31.7. The SMILES string of the molecule is CCN(CC)S(=O)(=O)c1cc(NC(=O)CNC(=O)OC(C)(C)C)c(C)s1. The zero-order chi connectivity index (χ0) is 20.1. The first-order chi connectivity index (χ1) is 11.9. The van der Waals surface area contributed by atoms with Gasteiger partial charge in [-0.15, -0.1) is 11.3 Å². The topological polar surface area (TPSA) is 105 Å². The molecule has 0 aromatic carbocycles. The van der Waals surface area contributed by atoms with E-state index >= 15 is 0 Å². The van der Waals surface area contributed by atoms with Crippen molar-refractivity contribution in [3.8, 4) is 0 Å². The van der Waals surface area contributed by atoms with E-state index in [2.05, 4.69) is 10.6 Å². The second kappa shape index (κ2) is 8.83. The van der Waals surface area contributed by atoms with Crippen LogP contribution in [0.5, 0.6) is 0 Å². The Morgan fingerprint density at radius 2 is 1.81 bits per heavy atom. The fraction of sp³-hybridized carbons (Fsp3) is 0.625. The Balaban J connectivity index is 2.76. The summed E-state index contributed by atoms with van der Waals surface area (Å²) in [6.45, 7) is 10.9. The number of carbonyl (C=O) groups excluding carboxylic acids is 2. The molecule has 2 amide bonds. The maximum atomic E-state index is 12.5. The number of anilines is 1. The summed E-state index contributed by atoms with van der Waals surface area (Å²) in [5.74, 6) is -0.469. The van der Waals surface area contributed by atoms with E-state index in [1.165, 1.54) is 10.4 Å². The lowest BCUT2D eigenvalue weighted by Crippen LogP contribution is -2.37. The Bertz CT molecular complexity index is 746. The van der Waals surface area contributed by atoms with Crippen LogP contribution in [0.4, 0.5) is 10.5 Å². The number of nitrogens with one attached hydrogen (secondary N) is 2. The Morgan fingerprint density at radius 1 is 1.23 bits per heavy atom. The van der Waals surface area contributed by atoms with Crippen LogP contribution in [0.25, 0.3) is 0 Å². The molecule has 0 aliphatic rings. The first kappa shape index (κ1) is 22.4. The first-order valence-corrected chi connectivity index (χ1v) is 10.5. The van der Waals surface area contributed by atoms with Crippen LogP contribution in [0, 0.1) is 6.92 Å². The van der Waals surface area contributed by atoms with Gasteiger partial charge in [-0.3, -0.25) is 4.79 Å². The van der Waals surface area contributed by atoms with Gasteiger partial charge >= 0.3 is 6.09 Å². The number of hydrogen-bond acceptors (Lipinski definition) is 6. The van der Waals surface area contributed by atoms with Crippen molar-refractivity contribution in [2.45, 2.75) is 51.4 Å². The number of ether oxygens (including phenoxy) is 1. The average Bonchev–Trinajstić information content (AvgIpc) is 2.86. The smallest absolute Gasteiger partial charge is 0.408 e. The van der Waals surface area contributed by atoms with Crippen LogP contribution < -0.4 is 10.6 Å². The van der Waals surface area contributed by atoms with Crippen molar-refractivity contribution in [2.75, 3.05) is 25.0 Å². The van der Waals surface area contributed by atoms with Crippen molar-refractivity contribution in [3.05, 3.63) is 10.9 Å². The van der Waals surface area contributed by atoms with E-state index < -0.39 is 27.6 Å². The summed E-state index contributed by atoms with van der Waals surface area (Å²) in [6.07, 6.45) is -0.695. The number of aryl methyl sites for hydroxylation is 1. The lowest BCUT2D eigenvalue weighted by atomic mass is 10.2. The summed E-state index contributed by atoms with van der Waals surface area (Å²) in [5.41, 5.74) is -0.241. The van der Waals surface area contributed by atoms with Gasteiger partial charge in [0.2, 0.25) is 5.91 Å². The van der Waals surface area contributed by atoms with Gasteiger partial charge in [-0.2, -0.15) is 4.31 Å². The maximum Gasteiger partial charge on any atom is 0.408 e. The second-order valence-electron chi connectivity index (χ2n) is 6.53. The van der Waals surface area contributed by atoms with E-state index in [0.29, 0.717) is 23.7 Å². The van der Waals surface area contributed by atoms with E-state index in [4.69, 9.17) is 4.74 Å². The van der Waals surface area contributed by atoms with Crippen LogP contribution in [0.2, 0.25) is 0 Å². The Kier molecular flexibility index (Phi) is 7.60. The third-order valence-corrected chi connectivity index (χ3v) is 6.81. The van der Waals surface area contributed by atoms with Gasteiger partial charge in [0.25, 0.3) is 10.0 Å². The standard InChI is InChI=1S/C16H27N3O5S2/c1-7-19(8-2)26(22,23)14-9-12(11(3)25-14)18-13(20)10-17-15(21)24-16(4,5)6/h9H,7-8,10H2,1-6H3,(H,17,21)(H,18,20). The Labute approximate surface area is 159 Å². The summed E-state index contributed by atoms with van der Waals surface area (Å²) in [5, 5.41) is 4.97. The fourth-order valence-corrected chi connectivity index (χ4v) is 5.07. The molecule has 0 aliphatic heterocycles. The molecule has 0 saturated heterocycles. The predicted molar refractivity (Wildman–Crippen MR) is 102 cm³/mol. The Hall–Kier alpha value is -1.65. The molecule has 1 aromatic rings. The van der Waals surface area contributed by atoms with Crippen LogP contribution >= 0.6 is 11.3 Å². The van der Waals surface area contributed by atoms with E-state index in [-0.39, 0.29) is 10.8 Å². The van der Waals surface area contributed by atoms with Crippen molar-refractivity contribution < 1.29 is 22.7 Å². The first-order valence-electron chi connectivity index (χ1n) is 8.28. The van der Waals surface area contributed by atoms with Crippen molar-refractivity contribution in [3.63, 3.8) is 0 Å². The molecule has 0 spiro atoms. The quantitative estimate of drug-likeness (QED) is 0.725. The Morgan fingerprint density at radius 3 is 2.31 bits per heavy atom. The summed E-state index contributed by atoms with van der Waals surface area (Å²) in [4.78, 5) is 24.2. The minimum Gasteiger partial charge on any atom is -0.444 e. The molecule has 1 heterocycles. The predicted octanol–water partition coefficient (Wildman–Crippen LogP) is 2.55. The summed E-state index contributed by atoms with van der Waals surface area (Å²) in [6, 6.07) is 1.44. The summed E-state index contributed by atoms with van der Waals surface area (Å²) >= 11 is 1.10. The highest BCUT2D eigenvalue weighted by Gasteiger charge is 2.25. The van der Waals surface area contributed by atoms with Gasteiger partial charge in [0.15, 0.2) is 0 Å². The van der Waals surface area contributed by atoms with Gasteiger partial charge in [0.1, 0.15) is 16.4 Å². The van der Waals surface area contributed by atoms with Crippen molar-refractivity contribution in [1.82, 2.24) is 9.62 Å². The summed E-state index contributed by atoms with van der Waals surface area (Å²) in [7, 11) is -3.57. The number of hydrogen-bond donors (Lipinski definition) is 2. The zero-order valence-electron chi connectivity index (χ0n) is 16.0. The average molecular weight is 406 g/mol. The minimum atomic E-state index is -3.57. The van der Waals surface area contributed by atoms with Crippen molar-refractivity contribution in [1.29, 1.82) is 0 Å². The molecule has 0 fully saturated rings. The number of amides is 2. The van der Waals surface area contributed by atoms with E-state index in [9.17, 15) is 18.0 Å². The molecule has 0 radical (unpaired) electrons. The fourth-order valence-electron chi connectivity index (χ4n) is 2.06. The van der Waals surface area contributed by atoms with Crippen molar-refractivity contribution >= 4 is 39.0 Å². The van der Waals surface area contributed by atoms with Crippen molar-refractivity contribution in [2.24, 2.45) is 0 Å². The van der Waals surface area contributed by atoms with Gasteiger partial charge in [0.05, 0.1) is 5.69 Å². The number of sulfonamides is 1. The third kappa shape index (κ3) is 6.26. The van der Waals surface area contributed by atoms with Crippen LogP contribution in [-0.2, 0) is 19.6 Å².